The number of nitrogens with zero attached hydrogens (tertiary/aromatic N) is 1. The Labute approximate surface area is 90.1 Å². The lowest BCUT2D eigenvalue weighted by molar-refractivity contribution is 0.0939. The van der Waals surface area contributed by atoms with Gasteiger partial charge in [-0.3, -0.25) is 0 Å². The lowest BCUT2D eigenvalue weighted by atomic mass is 10.2. The SMILES string of the molecule is NC(CCCCNCCOCCO)=NO. The van der Waals surface area contributed by atoms with Crippen molar-refractivity contribution >= 4 is 5.84 Å². The molecule has 0 aliphatic heterocycles. The van der Waals surface area contributed by atoms with E-state index in [1.54, 1.807) is 0 Å². The van der Waals surface area contributed by atoms with Gasteiger partial charge in [0.05, 0.1) is 19.8 Å². The lowest BCUT2D eigenvalue weighted by Gasteiger charge is -2.04. The zero-order valence-electron chi connectivity index (χ0n) is 8.98. The monoisotopic (exact) mass is 219 g/mol. The molecule has 0 saturated heterocycles. The second-order valence-corrected chi connectivity index (χ2v) is 3.13. The molecule has 0 bridgehead atoms. The molecular formula is C9H21N3O3. The Balaban J connectivity index is 2.99. The second-order valence-electron chi connectivity index (χ2n) is 3.13. The molecule has 0 rings (SSSR count). The number of ether oxygens (including phenoxy) is 1. The molecule has 6 heteroatoms. The molecule has 0 saturated carbocycles. The van der Waals surface area contributed by atoms with Crippen LogP contribution in [0.4, 0.5) is 0 Å². The maximum Gasteiger partial charge on any atom is 0.139 e. The fourth-order valence-electron chi connectivity index (χ4n) is 1.04. The van der Waals surface area contributed by atoms with Gasteiger partial charge in [-0.2, -0.15) is 0 Å². The summed E-state index contributed by atoms with van der Waals surface area (Å²) in [4.78, 5) is 0. The molecule has 0 aliphatic rings. The number of unbranched alkanes of at least 4 members (excludes halogenated alkanes) is 1. The van der Waals surface area contributed by atoms with Crippen molar-refractivity contribution in [2.75, 3.05) is 32.9 Å². The molecule has 0 unspecified atom stereocenters. The van der Waals surface area contributed by atoms with Crippen LogP contribution in [0.1, 0.15) is 19.3 Å². The van der Waals surface area contributed by atoms with Crippen LogP contribution in [-0.2, 0) is 4.74 Å². The number of nitrogens with two attached hydrogens (primary N) is 1. The highest BCUT2D eigenvalue weighted by molar-refractivity contribution is 5.79. The number of rotatable bonds is 10. The molecule has 0 aromatic carbocycles. The molecular weight excluding hydrogens is 198 g/mol. The maximum absolute atomic E-state index is 8.43. The fourth-order valence-corrected chi connectivity index (χ4v) is 1.04. The van der Waals surface area contributed by atoms with Gasteiger partial charge < -0.3 is 26.1 Å². The Morgan fingerprint density at radius 2 is 2.07 bits per heavy atom. The molecule has 6 nitrogen and oxygen atoms in total. The molecule has 0 aliphatic carbocycles. The minimum Gasteiger partial charge on any atom is -0.409 e. The first-order chi connectivity index (χ1) is 7.31. The van der Waals surface area contributed by atoms with Gasteiger partial charge in [-0.25, -0.2) is 0 Å². The van der Waals surface area contributed by atoms with Crippen LogP contribution in [0.15, 0.2) is 5.16 Å². The summed E-state index contributed by atoms with van der Waals surface area (Å²) in [6.45, 7) is 2.75. The van der Waals surface area contributed by atoms with E-state index in [4.69, 9.17) is 20.8 Å². The number of aliphatic hydroxyl groups excluding tert-OH is 1. The van der Waals surface area contributed by atoms with Gasteiger partial charge in [0.25, 0.3) is 0 Å². The topological polar surface area (TPSA) is 100 Å². The van der Waals surface area contributed by atoms with Crippen LogP contribution < -0.4 is 11.1 Å². The zero-order chi connectivity index (χ0) is 11.4. The average molecular weight is 219 g/mol. The largest absolute Gasteiger partial charge is 0.409 e. The van der Waals surface area contributed by atoms with Gasteiger partial charge in [-0.05, 0) is 19.4 Å². The Bertz CT molecular complexity index is 165. The first-order valence-electron chi connectivity index (χ1n) is 5.17. The van der Waals surface area contributed by atoms with Gasteiger partial charge in [0.2, 0.25) is 0 Å². The van der Waals surface area contributed by atoms with Gasteiger partial charge in [-0.1, -0.05) is 5.16 Å². The molecule has 0 spiro atoms. The third-order valence-corrected chi connectivity index (χ3v) is 1.82. The van der Waals surface area contributed by atoms with Crippen molar-refractivity contribution < 1.29 is 15.1 Å². The highest BCUT2D eigenvalue weighted by atomic mass is 16.5. The summed E-state index contributed by atoms with van der Waals surface area (Å²) in [6.07, 6.45) is 2.51. The van der Waals surface area contributed by atoms with Crippen LogP contribution in [0.25, 0.3) is 0 Å². The molecule has 0 aromatic heterocycles. The van der Waals surface area contributed by atoms with Gasteiger partial charge in [0.1, 0.15) is 5.84 Å². The van der Waals surface area contributed by atoms with Crippen LogP contribution in [0, 0.1) is 0 Å². The average Bonchev–Trinajstić information content (AvgIpc) is 2.26. The van der Waals surface area contributed by atoms with E-state index in [1.165, 1.54) is 0 Å². The van der Waals surface area contributed by atoms with Crippen molar-refractivity contribution in [1.82, 2.24) is 5.32 Å². The molecule has 0 amide bonds. The van der Waals surface area contributed by atoms with E-state index in [1.807, 2.05) is 0 Å². The number of amidine groups is 1. The first kappa shape index (κ1) is 14.2. The predicted octanol–water partition coefficient (Wildman–Crippen LogP) is -0.498. The minimum absolute atomic E-state index is 0.0692. The van der Waals surface area contributed by atoms with Crippen LogP contribution >= 0.6 is 0 Å². The summed E-state index contributed by atoms with van der Waals surface area (Å²) in [5, 5.41) is 22.8. The van der Waals surface area contributed by atoms with Crippen molar-refractivity contribution in [1.29, 1.82) is 0 Å². The highest BCUT2D eigenvalue weighted by Gasteiger charge is 1.93. The van der Waals surface area contributed by atoms with E-state index in [-0.39, 0.29) is 12.4 Å². The van der Waals surface area contributed by atoms with E-state index in [9.17, 15) is 0 Å². The molecule has 0 fully saturated rings. The van der Waals surface area contributed by atoms with Crippen LogP contribution in [0.3, 0.4) is 0 Å². The summed E-state index contributed by atoms with van der Waals surface area (Å²) in [6, 6.07) is 0. The van der Waals surface area contributed by atoms with E-state index in [2.05, 4.69) is 10.5 Å². The number of hydrogen-bond donors (Lipinski definition) is 4. The molecule has 0 heterocycles. The fraction of sp³-hybridized carbons (Fsp3) is 0.889. The number of aliphatic hydroxyl groups is 1. The predicted molar refractivity (Wildman–Crippen MR) is 58.0 cm³/mol. The van der Waals surface area contributed by atoms with Crippen LogP contribution in [0.5, 0.6) is 0 Å². The minimum atomic E-state index is 0.0692. The first-order valence-corrected chi connectivity index (χ1v) is 5.17. The summed E-state index contributed by atoms with van der Waals surface area (Å²) in [5.41, 5.74) is 5.30. The third-order valence-electron chi connectivity index (χ3n) is 1.82. The summed E-state index contributed by atoms with van der Waals surface area (Å²) in [7, 11) is 0. The highest BCUT2D eigenvalue weighted by Crippen LogP contribution is 1.93. The molecule has 0 radical (unpaired) electrons. The summed E-state index contributed by atoms with van der Waals surface area (Å²) < 4.78 is 5.06. The zero-order valence-corrected chi connectivity index (χ0v) is 8.98. The summed E-state index contributed by atoms with van der Waals surface area (Å²) in [5.74, 6) is 0.279. The third kappa shape index (κ3) is 11.1. The van der Waals surface area contributed by atoms with Crippen molar-refractivity contribution in [2.24, 2.45) is 10.9 Å². The van der Waals surface area contributed by atoms with E-state index in [0.717, 1.165) is 25.9 Å². The van der Waals surface area contributed by atoms with Gasteiger partial charge in [0, 0.05) is 13.0 Å². The van der Waals surface area contributed by atoms with Crippen molar-refractivity contribution in [3.8, 4) is 0 Å². The van der Waals surface area contributed by atoms with E-state index in [0.29, 0.717) is 19.6 Å². The van der Waals surface area contributed by atoms with Crippen LogP contribution in [0.2, 0.25) is 0 Å². The molecule has 0 atom stereocenters. The Hall–Kier alpha value is -0.850. The molecule has 5 N–H and O–H groups in total. The van der Waals surface area contributed by atoms with Crippen molar-refractivity contribution in [3.05, 3.63) is 0 Å². The molecule has 90 valence electrons. The van der Waals surface area contributed by atoms with E-state index >= 15 is 0 Å². The number of hydrogen-bond acceptors (Lipinski definition) is 5. The van der Waals surface area contributed by atoms with Crippen LogP contribution in [-0.4, -0.2) is 49.1 Å². The maximum atomic E-state index is 8.43. The standard InChI is InChI=1S/C9H21N3O3/c10-9(12-14)3-1-2-4-11-5-7-15-8-6-13/h11,13-14H,1-8H2,(H2,10,12). The van der Waals surface area contributed by atoms with Crippen molar-refractivity contribution in [3.63, 3.8) is 0 Å². The van der Waals surface area contributed by atoms with Crippen molar-refractivity contribution in [2.45, 2.75) is 19.3 Å². The van der Waals surface area contributed by atoms with Gasteiger partial charge in [-0.15, -0.1) is 0 Å². The molecule has 0 aromatic rings. The number of oxime groups is 1. The number of nitrogens with one attached hydrogen (secondary N) is 1. The Morgan fingerprint density at radius 3 is 2.73 bits per heavy atom. The summed E-state index contributed by atoms with van der Waals surface area (Å²) >= 11 is 0. The normalized spacial score (nSPS) is 11.9. The second kappa shape index (κ2) is 11.2. The molecule has 15 heavy (non-hydrogen) atoms. The quantitative estimate of drug-likeness (QED) is 0.130. The Morgan fingerprint density at radius 1 is 1.27 bits per heavy atom. The lowest BCUT2D eigenvalue weighted by Crippen LogP contribution is -2.22. The van der Waals surface area contributed by atoms with Gasteiger partial charge >= 0.3 is 0 Å². The smallest absolute Gasteiger partial charge is 0.139 e. The van der Waals surface area contributed by atoms with E-state index < -0.39 is 0 Å². The van der Waals surface area contributed by atoms with Gasteiger partial charge in [0.15, 0.2) is 0 Å². The Kier molecular flexibility index (Phi) is 10.6.